The highest BCUT2D eigenvalue weighted by molar-refractivity contribution is 6.05. The Kier molecular flexibility index (Phi) is 3.88. The van der Waals surface area contributed by atoms with Crippen molar-refractivity contribution >= 4 is 23.5 Å². The van der Waals surface area contributed by atoms with E-state index in [1.807, 2.05) is 48.5 Å². The monoisotopic (exact) mass is 291 g/mol. The largest absolute Gasteiger partial charge is 0.308 e. The van der Waals surface area contributed by atoms with Crippen LogP contribution in [0.2, 0.25) is 0 Å². The van der Waals surface area contributed by atoms with Crippen molar-refractivity contribution in [1.82, 2.24) is 0 Å². The molecule has 2 aromatic carbocycles. The minimum atomic E-state index is -0.0295. The predicted molar refractivity (Wildman–Crippen MR) is 88.0 cm³/mol. The van der Waals surface area contributed by atoms with Gasteiger partial charge in [-0.25, -0.2) is 0 Å². The SMILES string of the molecule is CC(=O)c1ccc2c(c1)CCN2C(=O)/C=C/c1ccccc1. The van der Waals surface area contributed by atoms with Gasteiger partial charge in [0.2, 0.25) is 0 Å². The Bertz CT molecular complexity index is 747. The lowest BCUT2D eigenvalue weighted by atomic mass is 10.1. The molecule has 1 amide bonds. The second-order valence-electron chi connectivity index (χ2n) is 5.38. The Balaban J connectivity index is 1.79. The normalized spacial score (nSPS) is 13.4. The molecule has 3 heteroatoms. The fourth-order valence-corrected chi connectivity index (χ4v) is 2.67. The number of amides is 1. The Morgan fingerprint density at radius 3 is 2.59 bits per heavy atom. The highest BCUT2D eigenvalue weighted by atomic mass is 16.2. The van der Waals surface area contributed by atoms with Gasteiger partial charge in [-0.05, 0) is 48.7 Å². The third kappa shape index (κ3) is 2.84. The summed E-state index contributed by atoms with van der Waals surface area (Å²) in [5.41, 5.74) is 3.68. The quantitative estimate of drug-likeness (QED) is 0.641. The number of carbonyl (C=O) groups is 2. The fraction of sp³-hybridized carbons (Fsp3) is 0.158. The van der Waals surface area contributed by atoms with E-state index in [1.54, 1.807) is 24.0 Å². The van der Waals surface area contributed by atoms with Gasteiger partial charge in [-0.1, -0.05) is 30.3 Å². The molecular weight excluding hydrogens is 274 g/mol. The molecule has 0 N–H and O–H groups in total. The van der Waals surface area contributed by atoms with Gasteiger partial charge < -0.3 is 4.90 Å². The zero-order chi connectivity index (χ0) is 15.5. The highest BCUT2D eigenvalue weighted by Crippen LogP contribution is 2.29. The number of Topliss-reactive ketones (excluding diaryl/α,β-unsaturated/α-hetero) is 1. The second kappa shape index (κ2) is 5.98. The number of fused-ring (bicyclic) bond motifs is 1. The van der Waals surface area contributed by atoms with Gasteiger partial charge in [0.15, 0.2) is 5.78 Å². The molecule has 1 heterocycles. The van der Waals surface area contributed by atoms with Crippen LogP contribution in [0.25, 0.3) is 6.08 Å². The van der Waals surface area contributed by atoms with Gasteiger partial charge in [-0.15, -0.1) is 0 Å². The topological polar surface area (TPSA) is 37.4 Å². The zero-order valence-corrected chi connectivity index (χ0v) is 12.5. The maximum Gasteiger partial charge on any atom is 0.251 e. The first kappa shape index (κ1) is 14.3. The Morgan fingerprint density at radius 2 is 1.86 bits per heavy atom. The molecule has 0 aromatic heterocycles. The van der Waals surface area contributed by atoms with E-state index in [2.05, 4.69) is 0 Å². The molecule has 0 atom stereocenters. The molecule has 0 radical (unpaired) electrons. The van der Waals surface area contributed by atoms with E-state index in [-0.39, 0.29) is 11.7 Å². The molecule has 0 unspecified atom stereocenters. The Hall–Kier alpha value is -2.68. The van der Waals surface area contributed by atoms with Crippen LogP contribution in [-0.4, -0.2) is 18.2 Å². The van der Waals surface area contributed by atoms with E-state index in [1.165, 1.54) is 0 Å². The summed E-state index contributed by atoms with van der Waals surface area (Å²) >= 11 is 0. The number of benzene rings is 2. The molecule has 0 bridgehead atoms. The van der Waals surface area contributed by atoms with Crippen LogP contribution < -0.4 is 4.90 Å². The van der Waals surface area contributed by atoms with Crippen molar-refractivity contribution in [1.29, 1.82) is 0 Å². The first-order valence-corrected chi connectivity index (χ1v) is 7.33. The number of ketones is 1. The summed E-state index contributed by atoms with van der Waals surface area (Å²) in [5.74, 6) is 0.0229. The molecule has 110 valence electrons. The van der Waals surface area contributed by atoms with E-state index in [0.717, 1.165) is 23.2 Å². The summed E-state index contributed by atoms with van der Waals surface area (Å²) in [6.07, 6.45) is 4.22. The first-order chi connectivity index (χ1) is 10.6. The number of anilines is 1. The summed E-state index contributed by atoms with van der Waals surface area (Å²) in [7, 11) is 0. The van der Waals surface area contributed by atoms with E-state index >= 15 is 0 Å². The standard InChI is InChI=1S/C19H17NO2/c1-14(21)16-8-9-18-17(13-16)11-12-20(18)19(22)10-7-15-5-3-2-4-6-15/h2-10,13H,11-12H2,1H3/b10-7+. The molecule has 1 aliphatic rings. The van der Waals surface area contributed by atoms with Crippen molar-refractivity contribution in [3.63, 3.8) is 0 Å². The van der Waals surface area contributed by atoms with Crippen LogP contribution in [0.15, 0.2) is 54.6 Å². The number of rotatable bonds is 3. The van der Waals surface area contributed by atoms with Crippen LogP contribution >= 0.6 is 0 Å². The molecule has 0 aliphatic carbocycles. The van der Waals surface area contributed by atoms with Crippen LogP contribution in [0.5, 0.6) is 0 Å². The summed E-state index contributed by atoms with van der Waals surface area (Å²) in [4.78, 5) is 25.6. The van der Waals surface area contributed by atoms with Crippen molar-refractivity contribution in [2.75, 3.05) is 11.4 Å². The molecule has 0 fully saturated rings. The molecule has 2 aromatic rings. The summed E-state index contributed by atoms with van der Waals surface area (Å²) in [6, 6.07) is 15.3. The van der Waals surface area contributed by atoms with Crippen molar-refractivity contribution in [3.05, 3.63) is 71.3 Å². The highest BCUT2D eigenvalue weighted by Gasteiger charge is 2.23. The van der Waals surface area contributed by atoms with Gasteiger partial charge in [0.25, 0.3) is 5.91 Å². The van der Waals surface area contributed by atoms with Gasteiger partial charge in [-0.3, -0.25) is 9.59 Å². The summed E-state index contributed by atoms with van der Waals surface area (Å²) < 4.78 is 0. The summed E-state index contributed by atoms with van der Waals surface area (Å²) in [6.45, 7) is 2.22. The van der Waals surface area contributed by atoms with Crippen molar-refractivity contribution in [2.24, 2.45) is 0 Å². The van der Waals surface area contributed by atoms with Gasteiger partial charge in [0.1, 0.15) is 0 Å². The molecule has 0 saturated heterocycles. The molecule has 0 spiro atoms. The van der Waals surface area contributed by atoms with Crippen molar-refractivity contribution < 1.29 is 9.59 Å². The van der Waals surface area contributed by atoms with Crippen LogP contribution in [0.1, 0.15) is 28.4 Å². The minimum Gasteiger partial charge on any atom is -0.308 e. The molecule has 3 rings (SSSR count). The van der Waals surface area contributed by atoms with Gasteiger partial charge in [0.05, 0.1) is 0 Å². The lowest BCUT2D eigenvalue weighted by Gasteiger charge is -2.15. The maximum absolute atomic E-state index is 12.4. The number of carbonyl (C=O) groups excluding carboxylic acids is 2. The van der Waals surface area contributed by atoms with Crippen LogP contribution in [0, 0.1) is 0 Å². The molecule has 1 aliphatic heterocycles. The van der Waals surface area contributed by atoms with Crippen LogP contribution in [0.4, 0.5) is 5.69 Å². The molecule has 0 saturated carbocycles. The number of nitrogens with zero attached hydrogens (tertiary/aromatic N) is 1. The van der Waals surface area contributed by atoms with E-state index < -0.39 is 0 Å². The third-order valence-corrected chi connectivity index (χ3v) is 3.87. The van der Waals surface area contributed by atoms with Crippen LogP contribution in [0.3, 0.4) is 0 Å². The third-order valence-electron chi connectivity index (χ3n) is 3.87. The Labute approximate surface area is 129 Å². The van der Waals surface area contributed by atoms with Crippen molar-refractivity contribution in [3.8, 4) is 0 Å². The number of hydrogen-bond donors (Lipinski definition) is 0. The minimum absolute atomic E-state index is 0.0295. The summed E-state index contributed by atoms with van der Waals surface area (Å²) in [5, 5.41) is 0. The second-order valence-corrected chi connectivity index (χ2v) is 5.38. The van der Waals surface area contributed by atoms with Gasteiger partial charge in [-0.2, -0.15) is 0 Å². The fourth-order valence-electron chi connectivity index (χ4n) is 2.67. The van der Waals surface area contributed by atoms with Gasteiger partial charge in [0, 0.05) is 23.9 Å². The maximum atomic E-state index is 12.4. The predicted octanol–water partition coefficient (Wildman–Crippen LogP) is 3.49. The van der Waals surface area contributed by atoms with E-state index in [9.17, 15) is 9.59 Å². The Morgan fingerprint density at radius 1 is 1.09 bits per heavy atom. The zero-order valence-electron chi connectivity index (χ0n) is 12.5. The van der Waals surface area contributed by atoms with Crippen molar-refractivity contribution in [2.45, 2.75) is 13.3 Å². The smallest absolute Gasteiger partial charge is 0.251 e. The van der Waals surface area contributed by atoms with E-state index in [4.69, 9.17) is 0 Å². The molecule has 3 nitrogen and oxygen atoms in total. The molecular formula is C19H17NO2. The van der Waals surface area contributed by atoms with E-state index in [0.29, 0.717) is 12.1 Å². The average molecular weight is 291 g/mol. The molecule has 22 heavy (non-hydrogen) atoms. The van der Waals surface area contributed by atoms with Gasteiger partial charge >= 0.3 is 0 Å². The lowest BCUT2D eigenvalue weighted by molar-refractivity contribution is -0.114. The lowest BCUT2D eigenvalue weighted by Crippen LogP contribution is -2.26. The average Bonchev–Trinajstić information content (AvgIpc) is 2.96. The number of hydrogen-bond acceptors (Lipinski definition) is 2. The van der Waals surface area contributed by atoms with Crippen LogP contribution in [-0.2, 0) is 11.2 Å². The first-order valence-electron chi connectivity index (χ1n) is 7.33.